The van der Waals surface area contributed by atoms with Crippen molar-refractivity contribution in [1.82, 2.24) is 13.9 Å². The van der Waals surface area contributed by atoms with Crippen molar-refractivity contribution in [3.63, 3.8) is 0 Å². The van der Waals surface area contributed by atoms with E-state index in [1.807, 2.05) is 0 Å². The van der Waals surface area contributed by atoms with Crippen molar-refractivity contribution >= 4 is 20.0 Å². The van der Waals surface area contributed by atoms with Crippen LogP contribution in [0.5, 0.6) is 0 Å². The summed E-state index contributed by atoms with van der Waals surface area (Å²) in [6.45, 7) is 3.06. The second kappa shape index (κ2) is 7.57. The number of rotatable bonds is 6. The molecule has 3 aliphatic rings. The number of sulfonamides is 2. The molecule has 24 heavy (non-hydrogen) atoms. The molecule has 0 aromatic rings. The fourth-order valence-electron chi connectivity index (χ4n) is 4.04. The number of hydrogen-bond donors (Lipinski definition) is 1. The second-order valence-corrected chi connectivity index (χ2v) is 11.4. The predicted octanol–water partition coefficient (Wildman–Crippen LogP) is 0.348. The Morgan fingerprint density at radius 2 is 1.71 bits per heavy atom. The predicted molar refractivity (Wildman–Crippen MR) is 93.8 cm³/mol. The van der Waals surface area contributed by atoms with E-state index in [0.29, 0.717) is 39.0 Å². The summed E-state index contributed by atoms with van der Waals surface area (Å²) >= 11 is 0. The van der Waals surface area contributed by atoms with Gasteiger partial charge >= 0.3 is 0 Å². The van der Waals surface area contributed by atoms with Crippen LogP contribution in [0.4, 0.5) is 0 Å². The zero-order valence-corrected chi connectivity index (χ0v) is 15.8. The SMILES string of the molecule is O=S(=O)(NC1CCCC1)C1CCCN(CCN2CCCS2(=O)=O)C1. The largest absolute Gasteiger partial charge is 0.301 e. The topological polar surface area (TPSA) is 86.8 Å². The number of likely N-dealkylation sites (tertiary alicyclic amines) is 1. The molecule has 1 saturated carbocycles. The first-order valence-corrected chi connectivity index (χ1v) is 12.2. The molecule has 3 fully saturated rings. The van der Waals surface area contributed by atoms with Crippen LogP contribution in [0.1, 0.15) is 44.9 Å². The monoisotopic (exact) mass is 379 g/mol. The van der Waals surface area contributed by atoms with Gasteiger partial charge in [-0.3, -0.25) is 0 Å². The molecule has 2 aliphatic heterocycles. The zero-order chi connectivity index (χ0) is 17.2. The Kier molecular flexibility index (Phi) is 5.86. The van der Waals surface area contributed by atoms with Gasteiger partial charge in [0.15, 0.2) is 0 Å². The van der Waals surface area contributed by atoms with Crippen LogP contribution in [0.3, 0.4) is 0 Å². The standard InChI is InChI=1S/C15H29N3O4S2/c19-23(20)12-4-9-18(23)11-10-17-8-3-7-15(13-17)24(21,22)16-14-5-1-2-6-14/h14-16H,1-13H2. The highest BCUT2D eigenvalue weighted by molar-refractivity contribution is 7.90. The first-order chi connectivity index (χ1) is 11.4. The molecule has 0 radical (unpaired) electrons. The van der Waals surface area contributed by atoms with Crippen molar-refractivity contribution < 1.29 is 16.8 Å². The minimum Gasteiger partial charge on any atom is -0.301 e. The quantitative estimate of drug-likeness (QED) is 0.719. The summed E-state index contributed by atoms with van der Waals surface area (Å²) in [5.41, 5.74) is 0. The second-order valence-electron chi connectivity index (χ2n) is 7.28. The Balaban J connectivity index is 1.52. The maximum absolute atomic E-state index is 12.6. The van der Waals surface area contributed by atoms with Gasteiger partial charge < -0.3 is 4.90 Å². The number of nitrogens with zero attached hydrogens (tertiary/aromatic N) is 2. The summed E-state index contributed by atoms with van der Waals surface area (Å²) in [6.07, 6.45) is 6.35. The smallest absolute Gasteiger partial charge is 0.215 e. The lowest BCUT2D eigenvalue weighted by Crippen LogP contribution is -2.49. The molecule has 0 spiro atoms. The minimum absolute atomic E-state index is 0.111. The van der Waals surface area contributed by atoms with Gasteiger partial charge in [0.25, 0.3) is 0 Å². The van der Waals surface area contributed by atoms with E-state index in [2.05, 4.69) is 9.62 Å². The molecule has 140 valence electrons. The fourth-order valence-corrected chi connectivity index (χ4v) is 7.33. The van der Waals surface area contributed by atoms with E-state index < -0.39 is 20.0 Å². The molecule has 2 saturated heterocycles. The van der Waals surface area contributed by atoms with E-state index in [1.165, 1.54) is 0 Å². The Morgan fingerprint density at radius 1 is 0.958 bits per heavy atom. The lowest BCUT2D eigenvalue weighted by molar-refractivity contribution is 0.216. The van der Waals surface area contributed by atoms with E-state index in [1.54, 1.807) is 4.31 Å². The summed E-state index contributed by atoms with van der Waals surface area (Å²) < 4.78 is 53.4. The normalized spacial score (nSPS) is 30.1. The minimum atomic E-state index is -3.28. The van der Waals surface area contributed by atoms with Crippen molar-refractivity contribution in [2.24, 2.45) is 0 Å². The van der Waals surface area contributed by atoms with Crippen molar-refractivity contribution in [3.8, 4) is 0 Å². The molecule has 0 amide bonds. The molecule has 1 unspecified atom stereocenters. The third kappa shape index (κ3) is 4.49. The molecule has 9 heteroatoms. The van der Waals surface area contributed by atoms with Gasteiger partial charge in [-0.05, 0) is 38.6 Å². The first-order valence-electron chi connectivity index (χ1n) is 9.08. The lowest BCUT2D eigenvalue weighted by atomic mass is 10.1. The molecule has 3 rings (SSSR count). The molecule has 0 aromatic heterocycles. The van der Waals surface area contributed by atoms with Crippen molar-refractivity contribution in [2.45, 2.75) is 56.2 Å². The number of piperidine rings is 1. The summed E-state index contributed by atoms with van der Waals surface area (Å²) in [6, 6.07) is 0.111. The first kappa shape index (κ1) is 18.6. The average molecular weight is 380 g/mol. The zero-order valence-electron chi connectivity index (χ0n) is 14.2. The highest BCUT2D eigenvalue weighted by atomic mass is 32.2. The molecule has 7 nitrogen and oxygen atoms in total. The van der Waals surface area contributed by atoms with E-state index in [-0.39, 0.29) is 17.0 Å². The van der Waals surface area contributed by atoms with Gasteiger partial charge in [0.1, 0.15) is 0 Å². The van der Waals surface area contributed by atoms with Crippen LogP contribution in [-0.4, -0.2) is 75.8 Å². The average Bonchev–Trinajstić information content (AvgIpc) is 3.14. The van der Waals surface area contributed by atoms with Crippen LogP contribution in [0.15, 0.2) is 0 Å². The Labute approximate surface area is 145 Å². The number of hydrogen-bond acceptors (Lipinski definition) is 5. The highest BCUT2D eigenvalue weighted by Gasteiger charge is 2.34. The molecular weight excluding hydrogens is 350 g/mol. The molecule has 1 aliphatic carbocycles. The van der Waals surface area contributed by atoms with Crippen molar-refractivity contribution in [3.05, 3.63) is 0 Å². The maximum Gasteiger partial charge on any atom is 0.215 e. The van der Waals surface area contributed by atoms with Gasteiger partial charge in [0.05, 0.1) is 11.0 Å². The third-order valence-corrected chi connectivity index (χ3v) is 9.34. The Morgan fingerprint density at radius 3 is 2.38 bits per heavy atom. The van der Waals surface area contributed by atoms with Gasteiger partial charge in [-0.1, -0.05) is 12.8 Å². The van der Waals surface area contributed by atoms with Gasteiger partial charge in [0.2, 0.25) is 20.0 Å². The van der Waals surface area contributed by atoms with Gasteiger partial charge in [-0.15, -0.1) is 0 Å². The summed E-state index contributed by atoms with van der Waals surface area (Å²) in [5.74, 6) is 0.245. The van der Waals surface area contributed by atoms with E-state index >= 15 is 0 Å². The van der Waals surface area contributed by atoms with Gasteiger partial charge in [0, 0.05) is 32.2 Å². The number of nitrogens with one attached hydrogen (secondary N) is 1. The van der Waals surface area contributed by atoms with Crippen LogP contribution >= 0.6 is 0 Å². The molecule has 0 aromatic carbocycles. The third-order valence-electron chi connectivity index (χ3n) is 5.46. The Hall–Kier alpha value is -0.220. The summed E-state index contributed by atoms with van der Waals surface area (Å²) in [4.78, 5) is 2.11. The molecule has 0 bridgehead atoms. The van der Waals surface area contributed by atoms with Crippen LogP contribution in [0.25, 0.3) is 0 Å². The highest BCUT2D eigenvalue weighted by Crippen LogP contribution is 2.22. The van der Waals surface area contributed by atoms with Crippen molar-refractivity contribution in [1.29, 1.82) is 0 Å². The van der Waals surface area contributed by atoms with Crippen molar-refractivity contribution in [2.75, 3.05) is 38.5 Å². The molecule has 2 heterocycles. The fraction of sp³-hybridized carbons (Fsp3) is 1.00. The van der Waals surface area contributed by atoms with E-state index in [4.69, 9.17) is 0 Å². The van der Waals surface area contributed by atoms with Gasteiger partial charge in [-0.25, -0.2) is 25.9 Å². The van der Waals surface area contributed by atoms with E-state index in [9.17, 15) is 16.8 Å². The summed E-state index contributed by atoms with van der Waals surface area (Å²) in [7, 11) is -6.35. The van der Waals surface area contributed by atoms with E-state index in [0.717, 1.165) is 38.6 Å². The van der Waals surface area contributed by atoms with Crippen LogP contribution < -0.4 is 4.72 Å². The molecule has 1 N–H and O–H groups in total. The lowest BCUT2D eigenvalue weighted by Gasteiger charge is -2.33. The Bertz CT molecular complexity index is 629. The molecule has 1 atom stereocenters. The van der Waals surface area contributed by atoms with Gasteiger partial charge in [-0.2, -0.15) is 0 Å². The van der Waals surface area contributed by atoms with Crippen LogP contribution in [-0.2, 0) is 20.0 Å². The maximum atomic E-state index is 12.6. The van der Waals surface area contributed by atoms with Crippen LogP contribution in [0.2, 0.25) is 0 Å². The molecular formula is C15H29N3O4S2. The van der Waals surface area contributed by atoms with Crippen LogP contribution in [0, 0.1) is 0 Å². The summed E-state index contributed by atoms with van der Waals surface area (Å²) in [5, 5.41) is -0.373.